The number of rotatable bonds is 13. The first-order chi connectivity index (χ1) is 26.7. The highest BCUT2D eigenvalue weighted by atomic mass is 35.5. The fraction of sp³-hybridized carbons (Fsp3) is 0.368. The molecule has 3 aromatic carbocycles. The Hall–Kier alpha value is -3.49. The quantitative estimate of drug-likeness (QED) is 0.0487. The Morgan fingerprint density at radius 1 is 0.966 bits per heavy atom. The van der Waals surface area contributed by atoms with Crippen LogP contribution in [0.4, 0.5) is 24.1 Å². The minimum Gasteiger partial charge on any atom is -0.414 e. The van der Waals surface area contributed by atoms with E-state index in [9.17, 15) is 33.6 Å². The number of ether oxygens (including phenoxy) is 2. The van der Waals surface area contributed by atoms with Gasteiger partial charge >= 0.3 is 11.5 Å². The van der Waals surface area contributed by atoms with Crippen LogP contribution in [0.3, 0.4) is 0 Å². The third kappa shape index (κ3) is 25.1. The molecule has 1 fully saturated rings. The van der Waals surface area contributed by atoms with Crippen LogP contribution in [0.25, 0.3) is 0 Å². The van der Waals surface area contributed by atoms with E-state index in [0.717, 1.165) is 19.6 Å². The zero-order valence-corrected chi connectivity index (χ0v) is 36.5. The van der Waals surface area contributed by atoms with E-state index in [1.54, 1.807) is 37.4 Å². The van der Waals surface area contributed by atoms with E-state index in [4.69, 9.17) is 50.4 Å². The summed E-state index contributed by atoms with van der Waals surface area (Å²) in [4.78, 5) is 33.2. The molecule has 0 radical (unpaired) electrons. The van der Waals surface area contributed by atoms with E-state index in [1.165, 1.54) is 60.2 Å². The summed E-state index contributed by atoms with van der Waals surface area (Å²) in [7, 11) is 3.40. The summed E-state index contributed by atoms with van der Waals surface area (Å²) in [5, 5.41) is 33.6. The van der Waals surface area contributed by atoms with Gasteiger partial charge in [-0.3, -0.25) is 10.1 Å². The van der Waals surface area contributed by atoms with Gasteiger partial charge in [-0.15, -0.1) is 13.2 Å². The number of hydrogen-bond acceptors (Lipinski definition) is 10. The molecule has 2 amide bonds. The predicted octanol–water partition coefficient (Wildman–Crippen LogP) is 7.99. The summed E-state index contributed by atoms with van der Waals surface area (Å²) in [5.74, 6) is -0.762. The molecular formula is C38H54Cl3F2N5O8S2. The van der Waals surface area contributed by atoms with Crippen LogP contribution < -0.4 is 21.1 Å². The average Bonchev–Trinajstić information content (AvgIpc) is 3.79. The number of nitrogens with two attached hydrogens (primary N) is 1. The number of nitrogens with zero attached hydrogens (tertiary/aromatic N) is 2. The van der Waals surface area contributed by atoms with Crippen LogP contribution in [-0.2, 0) is 17.8 Å². The van der Waals surface area contributed by atoms with Gasteiger partial charge in [0.25, 0.3) is 5.69 Å². The maximum absolute atomic E-state index is 13.2. The highest BCUT2D eigenvalue weighted by Gasteiger charge is 2.18. The second-order valence-electron chi connectivity index (χ2n) is 11.4. The molecule has 0 aliphatic carbocycles. The Balaban J connectivity index is -0.000000692. The van der Waals surface area contributed by atoms with Gasteiger partial charge < -0.3 is 41.0 Å². The van der Waals surface area contributed by atoms with Crippen LogP contribution in [0.1, 0.15) is 36.8 Å². The summed E-state index contributed by atoms with van der Waals surface area (Å²) in [6, 6.07) is 13.5. The molecule has 0 bridgehead atoms. The van der Waals surface area contributed by atoms with Crippen molar-refractivity contribution in [3.8, 4) is 5.75 Å². The van der Waals surface area contributed by atoms with Crippen LogP contribution in [0.2, 0.25) is 10.0 Å². The van der Waals surface area contributed by atoms with Crippen LogP contribution >= 0.6 is 61.8 Å². The highest BCUT2D eigenvalue weighted by molar-refractivity contribution is 7.59. The molecule has 0 unspecified atom stereocenters. The lowest BCUT2D eigenvalue weighted by Gasteiger charge is -2.26. The van der Waals surface area contributed by atoms with E-state index in [1.807, 2.05) is 7.05 Å². The predicted molar refractivity (Wildman–Crippen MR) is 237 cm³/mol. The lowest BCUT2D eigenvalue weighted by atomic mass is 10.2. The van der Waals surface area contributed by atoms with Crippen molar-refractivity contribution in [2.75, 3.05) is 40.5 Å². The van der Waals surface area contributed by atoms with Gasteiger partial charge in [0.15, 0.2) is 0 Å². The van der Waals surface area contributed by atoms with Gasteiger partial charge in [0.05, 0.1) is 34.2 Å². The molecule has 0 saturated carbocycles. The van der Waals surface area contributed by atoms with Gasteiger partial charge in [-0.2, -0.15) is 27.0 Å². The molecular weight excluding hydrogens is 863 g/mol. The van der Waals surface area contributed by atoms with Crippen molar-refractivity contribution in [3.05, 3.63) is 129 Å². The molecule has 1 saturated heterocycles. The maximum atomic E-state index is 13.2. The summed E-state index contributed by atoms with van der Waals surface area (Å²) >= 11 is 16.3. The van der Waals surface area contributed by atoms with Crippen molar-refractivity contribution in [3.63, 3.8) is 0 Å². The third-order valence-electron chi connectivity index (χ3n) is 7.38. The van der Waals surface area contributed by atoms with Crippen molar-refractivity contribution in [1.29, 1.82) is 0 Å². The molecule has 0 spiro atoms. The molecule has 13 nitrogen and oxygen atoms in total. The van der Waals surface area contributed by atoms with Crippen LogP contribution in [0.15, 0.2) is 86.0 Å². The molecule has 0 aromatic heterocycles. The van der Waals surface area contributed by atoms with E-state index >= 15 is 0 Å². The van der Waals surface area contributed by atoms with E-state index < -0.39 is 22.0 Å². The van der Waals surface area contributed by atoms with Gasteiger partial charge in [0.2, 0.25) is 0 Å². The lowest BCUT2D eigenvalue weighted by molar-refractivity contribution is -0.384. The number of aliphatic hydroxyl groups excluding tert-OH is 2. The van der Waals surface area contributed by atoms with Crippen molar-refractivity contribution >= 4 is 78.9 Å². The lowest BCUT2D eigenvalue weighted by Crippen LogP contribution is -2.44. The molecule has 1 aliphatic rings. The molecule has 1 heterocycles. The number of non-ortho nitro benzene ring substituents is 1. The van der Waals surface area contributed by atoms with Gasteiger partial charge in [-0.25, -0.2) is 18.4 Å². The summed E-state index contributed by atoms with van der Waals surface area (Å²) in [6.45, 7) is 9.54. The molecule has 2 atom stereocenters. The number of urea groups is 1. The first kappa shape index (κ1) is 58.8. The van der Waals surface area contributed by atoms with Crippen molar-refractivity contribution in [2.45, 2.75) is 50.9 Å². The number of halogens is 5. The molecule has 58 heavy (non-hydrogen) atoms. The minimum atomic E-state index is -0.978. The van der Waals surface area contributed by atoms with Crippen LogP contribution in [0.5, 0.6) is 5.75 Å². The molecule has 4 rings (SSSR count). The molecule has 6 N–H and O–H groups in total. The topological polar surface area (TPSA) is 190 Å². The number of carbonyl (C=O) groups is 2. The average molecular weight is 917 g/mol. The second kappa shape index (κ2) is 35.5. The van der Waals surface area contributed by atoms with Crippen LogP contribution in [0, 0.1) is 21.7 Å². The Morgan fingerprint density at radius 3 is 1.84 bits per heavy atom. The summed E-state index contributed by atoms with van der Waals surface area (Å²) in [5.41, 5.74) is 5.35. The SMILES string of the molecule is C1CCOC1.C=CC[C@@H](CO)N(C)C(=O)NCc1cccc(F)c1Cl.C=CC[C@@H](CO)NC.NCc1cccc(F)c1Cl.O=C(Cl)Oc1ccc([N+](=O)[O-])cc1.S.S. The zero-order chi connectivity index (χ0) is 42.5. The van der Waals surface area contributed by atoms with E-state index in [0.29, 0.717) is 17.5 Å². The minimum absolute atomic E-state index is 0. The fourth-order valence-electron chi connectivity index (χ4n) is 4.12. The highest BCUT2D eigenvalue weighted by Crippen LogP contribution is 2.20. The number of hydrogen-bond donors (Lipinski definition) is 5. The number of likely N-dealkylation sites (N-methyl/N-ethyl adjacent to an activating group) is 2. The monoisotopic (exact) mass is 915 g/mol. The Bertz CT molecular complexity index is 1620. The van der Waals surface area contributed by atoms with Gasteiger partial charge in [-0.05, 0) is 68.1 Å². The first-order valence-corrected chi connectivity index (χ1v) is 18.2. The smallest absolute Gasteiger partial charge is 0.409 e. The van der Waals surface area contributed by atoms with Crippen molar-refractivity contribution < 1.29 is 43.0 Å². The number of aliphatic hydroxyl groups is 2. The number of nitro groups is 1. The van der Waals surface area contributed by atoms with Gasteiger partial charge in [0.1, 0.15) is 17.4 Å². The number of carbonyl (C=O) groups excluding carboxylic acids is 2. The Labute approximate surface area is 367 Å². The van der Waals surface area contributed by atoms with Crippen LogP contribution in [-0.4, -0.2) is 84.1 Å². The second-order valence-corrected chi connectivity index (χ2v) is 12.4. The molecule has 1 aliphatic heterocycles. The fourth-order valence-corrected chi connectivity index (χ4v) is 4.61. The molecule has 20 heteroatoms. The molecule has 326 valence electrons. The summed E-state index contributed by atoms with van der Waals surface area (Å²) in [6.07, 6.45) is 7.29. The number of nitro benzene ring substituents is 1. The first-order valence-electron chi connectivity index (χ1n) is 17.1. The molecule has 3 aromatic rings. The largest absolute Gasteiger partial charge is 0.414 e. The summed E-state index contributed by atoms with van der Waals surface area (Å²) < 4.78 is 35.2. The number of benzene rings is 3. The van der Waals surface area contributed by atoms with E-state index in [-0.39, 0.29) is 92.9 Å². The standard InChI is InChI=1S/C14H18ClFN2O2.C7H7ClFN.C7H4ClNO4.C6H13NO.C4H8O.2H2S/c1-3-5-11(9-19)18(2)14(20)17-8-10-6-4-7-12(16)13(10)15;8-7-5(4-10)2-1-3-6(7)9;8-7(10)13-6-3-1-5(2-4-6)9(11)12;1-3-4-6(5-8)7-2;1-2-4-5-3-1;;/h3-4,6-7,11,19H,1,5,8-9H2,2H3,(H,17,20);1-3H,4,10H2;1-4H;3,6-8H,1,4-5H2,2H3;1-4H2;2*1H2/t11-;;;6-;;;/m0..0.../s1. The van der Waals surface area contributed by atoms with Crippen molar-refractivity contribution in [1.82, 2.24) is 15.5 Å². The zero-order valence-electron chi connectivity index (χ0n) is 32.3. The number of nitrogens with one attached hydrogen (secondary N) is 2. The number of amides is 2. The van der Waals surface area contributed by atoms with Gasteiger partial charge in [0, 0.05) is 63.1 Å². The Morgan fingerprint density at radius 2 is 1.48 bits per heavy atom. The van der Waals surface area contributed by atoms with Crippen molar-refractivity contribution in [2.24, 2.45) is 5.73 Å². The van der Waals surface area contributed by atoms with Gasteiger partial charge in [-0.1, -0.05) is 59.6 Å². The van der Waals surface area contributed by atoms with E-state index in [2.05, 4.69) is 28.5 Å². The maximum Gasteiger partial charge on any atom is 0.409 e. The normalized spacial score (nSPS) is 11.8. The Kier molecular flexibility index (Phi) is 36.0. The third-order valence-corrected chi connectivity index (χ3v) is 8.31.